The van der Waals surface area contributed by atoms with Gasteiger partial charge in [-0.05, 0) is 30.7 Å². The maximum atomic E-state index is 6.21. The number of hydrogen-bond acceptors (Lipinski definition) is 2. The largest absolute Gasteiger partial charge is 0.326 e. The quantitative estimate of drug-likeness (QED) is 0.776. The summed E-state index contributed by atoms with van der Waals surface area (Å²) in [6, 6.07) is 0.304. The first-order valence-corrected chi connectivity index (χ1v) is 6.41. The summed E-state index contributed by atoms with van der Waals surface area (Å²) in [6.45, 7) is 12.6. The number of nitrogens with zero attached hydrogens (tertiary/aromatic N) is 1. The maximum absolute atomic E-state index is 6.21. The fraction of sp³-hybridized carbons (Fsp3) is 1.00. The van der Waals surface area contributed by atoms with E-state index in [9.17, 15) is 0 Å². The SMILES string of the molecule is CCCC1CCN(CC(N)C(C)(C)C)C1. The first-order chi connectivity index (χ1) is 6.93. The van der Waals surface area contributed by atoms with Crippen molar-refractivity contribution in [2.75, 3.05) is 19.6 Å². The molecule has 0 saturated carbocycles. The van der Waals surface area contributed by atoms with Crippen LogP contribution in [0, 0.1) is 11.3 Å². The van der Waals surface area contributed by atoms with Crippen LogP contribution in [0.5, 0.6) is 0 Å². The zero-order chi connectivity index (χ0) is 11.5. The van der Waals surface area contributed by atoms with Crippen LogP contribution in [0.4, 0.5) is 0 Å². The van der Waals surface area contributed by atoms with Crippen LogP contribution in [0.15, 0.2) is 0 Å². The molecule has 1 rings (SSSR count). The van der Waals surface area contributed by atoms with Gasteiger partial charge in [0.15, 0.2) is 0 Å². The third kappa shape index (κ3) is 4.12. The molecule has 1 heterocycles. The van der Waals surface area contributed by atoms with E-state index in [0.717, 1.165) is 12.5 Å². The molecule has 0 aromatic rings. The van der Waals surface area contributed by atoms with Crippen LogP contribution in [-0.2, 0) is 0 Å². The Morgan fingerprint density at radius 1 is 1.40 bits per heavy atom. The Balaban J connectivity index is 2.30. The monoisotopic (exact) mass is 212 g/mol. The molecular weight excluding hydrogens is 184 g/mol. The first-order valence-electron chi connectivity index (χ1n) is 6.41. The standard InChI is InChI=1S/C13H28N2/c1-5-6-11-7-8-15(9-11)10-12(14)13(2,3)4/h11-12H,5-10,14H2,1-4H3. The van der Waals surface area contributed by atoms with Gasteiger partial charge in [-0.15, -0.1) is 0 Å². The van der Waals surface area contributed by atoms with Crippen LogP contribution >= 0.6 is 0 Å². The van der Waals surface area contributed by atoms with Crippen molar-refractivity contribution in [3.8, 4) is 0 Å². The molecular formula is C13H28N2. The van der Waals surface area contributed by atoms with Crippen LogP contribution in [-0.4, -0.2) is 30.6 Å². The van der Waals surface area contributed by atoms with Crippen LogP contribution in [0.2, 0.25) is 0 Å². The van der Waals surface area contributed by atoms with E-state index in [1.54, 1.807) is 0 Å². The zero-order valence-corrected chi connectivity index (χ0v) is 10.9. The van der Waals surface area contributed by atoms with Gasteiger partial charge < -0.3 is 10.6 Å². The fourth-order valence-corrected chi connectivity index (χ4v) is 2.27. The lowest BCUT2D eigenvalue weighted by molar-refractivity contribution is 0.221. The predicted octanol–water partition coefficient (Wildman–Crippen LogP) is 2.48. The van der Waals surface area contributed by atoms with E-state index in [2.05, 4.69) is 32.6 Å². The van der Waals surface area contributed by atoms with Crippen molar-refractivity contribution in [3.63, 3.8) is 0 Å². The van der Waals surface area contributed by atoms with Crippen LogP contribution in [0.3, 0.4) is 0 Å². The molecule has 0 spiro atoms. The molecule has 2 unspecified atom stereocenters. The number of likely N-dealkylation sites (tertiary alicyclic amines) is 1. The summed E-state index contributed by atoms with van der Waals surface area (Å²) in [5.74, 6) is 0.933. The van der Waals surface area contributed by atoms with E-state index >= 15 is 0 Å². The highest BCUT2D eigenvalue weighted by Crippen LogP contribution is 2.24. The summed E-state index contributed by atoms with van der Waals surface area (Å²) in [6.07, 6.45) is 4.09. The van der Waals surface area contributed by atoms with Gasteiger partial charge in [-0.3, -0.25) is 0 Å². The van der Waals surface area contributed by atoms with Crippen molar-refractivity contribution in [1.29, 1.82) is 0 Å². The molecule has 0 aliphatic carbocycles. The lowest BCUT2D eigenvalue weighted by Crippen LogP contribution is -2.44. The van der Waals surface area contributed by atoms with E-state index < -0.39 is 0 Å². The van der Waals surface area contributed by atoms with Gasteiger partial charge in [-0.1, -0.05) is 34.1 Å². The van der Waals surface area contributed by atoms with Gasteiger partial charge in [-0.25, -0.2) is 0 Å². The van der Waals surface area contributed by atoms with E-state index in [0.29, 0.717) is 6.04 Å². The van der Waals surface area contributed by atoms with E-state index in [-0.39, 0.29) is 5.41 Å². The van der Waals surface area contributed by atoms with Crippen molar-refractivity contribution in [3.05, 3.63) is 0 Å². The molecule has 1 aliphatic heterocycles. The number of hydrogen-bond donors (Lipinski definition) is 1. The minimum atomic E-state index is 0.239. The fourth-order valence-electron chi connectivity index (χ4n) is 2.27. The van der Waals surface area contributed by atoms with Gasteiger partial charge in [0.25, 0.3) is 0 Å². The van der Waals surface area contributed by atoms with Crippen LogP contribution in [0.25, 0.3) is 0 Å². The molecule has 15 heavy (non-hydrogen) atoms. The molecule has 0 aromatic carbocycles. The zero-order valence-electron chi connectivity index (χ0n) is 10.9. The Hall–Kier alpha value is -0.0800. The molecule has 1 saturated heterocycles. The minimum absolute atomic E-state index is 0.239. The summed E-state index contributed by atoms with van der Waals surface area (Å²) < 4.78 is 0. The van der Waals surface area contributed by atoms with Gasteiger partial charge in [0.2, 0.25) is 0 Å². The molecule has 90 valence electrons. The second-order valence-electron chi connectivity index (χ2n) is 6.18. The lowest BCUT2D eigenvalue weighted by atomic mass is 9.87. The van der Waals surface area contributed by atoms with Crippen molar-refractivity contribution >= 4 is 0 Å². The number of nitrogens with two attached hydrogens (primary N) is 1. The molecule has 2 heteroatoms. The summed E-state index contributed by atoms with van der Waals surface area (Å²) in [5.41, 5.74) is 6.45. The van der Waals surface area contributed by atoms with E-state index in [4.69, 9.17) is 5.73 Å². The molecule has 2 atom stereocenters. The third-order valence-corrected chi connectivity index (χ3v) is 3.63. The van der Waals surface area contributed by atoms with Gasteiger partial charge in [-0.2, -0.15) is 0 Å². The normalized spacial score (nSPS) is 25.8. The second kappa shape index (κ2) is 5.31. The Kier molecular flexibility index (Phi) is 4.60. The average Bonchev–Trinajstić information content (AvgIpc) is 2.51. The number of rotatable bonds is 4. The molecule has 0 radical (unpaired) electrons. The third-order valence-electron chi connectivity index (χ3n) is 3.63. The summed E-state index contributed by atoms with van der Waals surface area (Å²) in [7, 11) is 0. The van der Waals surface area contributed by atoms with Gasteiger partial charge >= 0.3 is 0 Å². The summed E-state index contributed by atoms with van der Waals surface area (Å²) in [5, 5.41) is 0. The maximum Gasteiger partial charge on any atom is 0.0217 e. The van der Waals surface area contributed by atoms with Gasteiger partial charge in [0.1, 0.15) is 0 Å². The molecule has 1 aliphatic rings. The molecule has 2 nitrogen and oxygen atoms in total. The molecule has 1 fully saturated rings. The Morgan fingerprint density at radius 2 is 2.07 bits per heavy atom. The predicted molar refractivity (Wildman–Crippen MR) is 66.9 cm³/mol. The van der Waals surface area contributed by atoms with Gasteiger partial charge in [0.05, 0.1) is 0 Å². The average molecular weight is 212 g/mol. The Labute approximate surface area is 95.2 Å². The van der Waals surface area contributed by atoms with E-state index in [1.807, 2.05) is 0 Å². The minimum Gasteiger partial charge on any atom is -0.326 e. The molecule has 2 N–H and O–H groups in total. The van der Waals surface area contributed by atoms with Crippen LogP contribution in [0.1, 0.15) is 47.0 Å². The topological polar surface area (TPSA) is 29.3 Å². The highest BCUT2D eigenvalue weighted by molar-refractivity contribution is 4.84. The van der Waals surface area contributed by atoms with Crippen LogP contribution < -0.4 is 5.73 Å². The van der Waals surface area contributed by atoms with Crippen molar-refractivity contribution in [2.24, 2.45) is 17.1 Å². The Bertz CT molecular complexity index is 183. The van der Waals surface area contributed by atoms with Crippen molar-refractivity contribution in [1.82, 2.24) is 4.90 Å². The van der Waals surface area contributed by atoms with Gasteiger partial charge in [0, 0.05) is 19.1 Å². The first kappa shape index (κ1) is 13.0. The lowest BCUT2D eigenvalue weighted by Gasteiger charge is -2.30. The second-order valence-corrected chi connectivity index (χ2v) is 6.18. The smallest absolute Gasteiger partial charge is 0.0217 e. The highest BCUT2D eigenvalue weighted by Gasteiger charge is 2.27. The summed E-state index contributed by atoms with van der Waals surface area (Å²) in [4.78, 5) is 2.55. The van der Waals surface area contributed by atoms with E-state index in [1.165, 1.54) is 32.4 Å². The molecule has 0 bridgehead atoms. The molecule has 0 aromatic heterocycles. The Morgan fingerprint density at radius 3 is 2.60 bits per heavy atom. The summed E-state index contributed by atoms with van der Waals surface area (Å²) >= 11 is 0. The molecule has 0 amide bonds. The highest BCUT2D eigenvalue weighted by atomic mass is 15.2. The van der Waals surface area contributed by atoms with Crippen molar-refractivity contribution < 1.29 is 0 Å². The van der Waals surface area contributed by atoms with Crippen molar-refractivity contribution in [2.45, 2.75) is 53.0 Å².